The maximum atomic E-state index is 13.9. The van der Waals surface area contributed by atoms with Gasteiger partial charge in [0.1, 0.15) is 11.9 Å². The van der Waals surface area contributed by atoms with Crippen LogP contribution in [0.2, 0.25) is 0 Å². The number of aliphatic hydroxyl groups is 1. The highest BCUT2D eigenvalue weighted by Gasteiger charge is 2.35. The molecule has 6 heteroatoms. The molecule has 0 aliphatic rings. The van der Waals surface area contributed by atoms with E-state index in [0.29, 0.717) is 11.6 Å². The first-order valence-corrected chi connectivity index (χ1v) is 6.39. The summed E-state index contributed by atoms with van der Waals surface area (Å²) in [4.78, 5) is 0. The molecular formula is C14H9BrF4O. The second kappa shape index (κ2) is 5.54. The first-order chi connectivity index (χ1) is 9.30. The highest BCUT2D eigenvalue weighted by atomic mass is 79.9. The molecule has 0 bridgehead atoms. The van der Waals surface area contributed by atoms with Gasteiger partial charge in [0.25, 0.3) is 0 Å². The first-order valence-electron chi connectivity index (χ1n) is 5.60. The van der Waals surface area contributed by atoms with E-state index in [2.05, 4.69) is 15.9 Å². The van der Waals surface area contributed by atoms with Crippen molar-refractivity contribution in [3.63, 3.8) is 0 Å². The van der Waals surface area contributed by atoms with E-state index in [9.17, 15) is 22.7 Å². The minimum absolute atomic E-state index is 0.312. The van der Waals surface area contributed by atoms with Crippen LogP contribution in [-0.4, -0.2) is 5.11 Å². The summed E-state index contributed by atoms with van der Waals surface area (Å²) in [7, 11) is 0. The second-order valence-electron chi connectivity index (χ2n) is 4.16. The van der Waals surface area contributed by atoms with Gasteiger partial charge in [-0.15, -0.1) is 0 Å². The second-order valence-corrected chi connectivity index (χ2v) is 5.08. The van der Waals surface area contributed by atoms with Crippen LogP contribution in [-0.2, 0) is 6.18 Å². The quantitative estimate of drug-likeness (QED) is 0.780. The molecule has 1 atom stereocenters. The highest BCUT2D eigenvalue weighted by Crippen LogP contribution is 2.35. The van der Waals surface area contributed by atoms with Gasteiger partial charge in [0.05, 0.1) is 5.56 Å². The number of hydrogen-bond donors (Lipinski definition) is 1. The van der Waals surface area contributed by atoms with Crippen LogP contribution in [0.1, 0.15) is 22.8 Å². The first kappa shape index (κ1) is 15.0. The lowest BCUT2D eigenvalue weighted by molar-refractivity contribution is -0.140. The van der Waals surface area contributed by atoms with Crippen LogP contribution in [0.3, 0.4) is 0 Å². The molecule has 0 aliphatic carbocycles. The van der Waals surface area contributed by atoms with E-state index in [0.717, 1.165) is 16.6 Å². The van der Waals surface area contributed by atoms with Gasteiger partial charge in [-0.1, -0.05) is 40.2 Å². The Kier molecular flexibility index (Phi) is 4.15. The smallest absolute Gasteiger partial charge is 0.384 e. The molecule has 106 valence electrons. The van der Waals surface area contributed by atoms with Crippen LogP contribution < -0.4 is 0 Å². The fourth-order valence-electron chi connectivity index (χ4n) is 1.80. The normalized spacial score (nSPS) is 13.3. The maximum absolute atomic E-state index is 13.9. The number of rotatable bonds is 2. The topological polar surface area (TPSA) is 20.2 Å². The Hall–Kier alpha value is -1.40. The average Bonchev–Trinajstić information content (AvgIpc) is 2.37. The number of hydrogen-bond acceptors (Lipinski definition) is 1. The third kappa shape index (κ3) is 3.02. The van der Waals surface area contributed by atoms with Crippen molar-refractivity contribution in [2.75, 3.05) is 0 Å². The molecule has 2 aromatic rings. The van der Waals surface area contributed by atoms with E-state index in [4.69, 9.17) is 0 Å². The minimum Gasteiger partial charge on any atom is -0.384 e. The summed E-state index contributed by atoms with van der Waals surface area (Å²) in [6.07, 6.45) is -6.25. The van der Waals surface area contributed by atoms with Crippen LogP contribution in [0.15, 0.2) is 46.9 Å². The SMILES string of the molecule is OC(c1ccc(Br)cc1)c1cccc(C(F)(F)F)c1F. The van der Waals surface area contributed by atoms with Crippen molar-refractivity contribution in [1.29, 1.82) is 0 Å². The van der Waals surface area contributed by atoms with Gasteiger partial charge in [-0.05, 0) is 23.8 Å². The fraction of sp³-hybridized carbons (Fsp3) is 0.143. The van der Waals surface area contributed by atoms with Crippen molar-refractivity contribution >= 4 is 15.9 Å². The van der Waals surface area contributed by atoms with Crippen molar-refractivity contribution in [1.82, 2.24) is 0 Å². The minimum atomic E-state index is -4.79. The van der Waals surface area contributed by atoms with Gasteiger partial charge in [-0.3, -0.25) is 0 Å². The molecule has 0 saturated carbocycles. The number of halogens is 5. The molecule has 0 saturated heterocycles. The standard InChI is InChI=1S/C14H9BrF4O/c15-9-6-4-8(5-7-9)13(20)10-2-1-3-11(12(10)16)14(17,18)19/h1-7,13,20H. The Labute approximate surface area is 121 Å². The molecule has 0 fully saturated rings. The van der Waals surface area contributed by atoms with E-state index in [1.54, 1.807) is 12.1 Å². The highest BCUT2D eigenvalue weighted by molar-refractivity contribution is 9.10. The van der Waals surface area contributed by atoms with E-state index in [1.165, 1.54) is 12.1 Å². The Balaban J connectivity index is 2.45. The molecule has 0 radical (unpaired) electrons. The van der Waals surface area contributed by atoms with Gasteiger partial charge >= 0.3 is 6.18 Å². The molecule has 1 unspecified atom stereocenters. The Bertz CT molecular complexity index is 608. The fourth-order valence-corrected chi connectivity index (χ4v) is 2.07. The zero-order valence-corrected chi connectivity index (χ0v) is 11.5. The third-order valence-corrected chi connectivity index (χ3v) is 3.34. The molecule has 0 aromatic heterocycles. The number of aliphatic hydroxyl groups excluding tert-OH is 1. The van der Waals surface area contributed by atoms with Crippen molar-refractivity contribution in [2.24, 2.45) is 0 Å². The van der Waals surface area contributed by atoms with Crippen molar-refractivity contribution in [3.8, 4) is 0 Å². The summed E-state index contributed by atoms with van der Waals surface area (Å²) in [6, 6.07) is 9.10. The zero-order valence-electron chi connectivity index (χ0n) is 9.96. The van der Waals surface area contributed by atoms with E-state index in [-0.39, 0.29) is 0 Å². The number of benzene rings is 2. The van der Waals surface area contributed by atoms with E-state index >= 15 is 0 Å². The molecule has 1 N–H and O–H groups in total. The van der Waals surface area contributed by atoms with E-state index < -0.39 is 29.2 Å². The molecule has 0 amide bonds. The molecule has 2 aromatic carbocycles. The van der Waals surface area contributed by atoms with Crippen molar-refractivity contribution < 1.29 is 22.7 Å². The molecule has 0 heterocycles. The van der Waals surface area contributed by atoms with Gasteiger partial charge in [-0.25, -0.2) is 4.39 Å². The molecule has 20 heavy (non-hydrogen) atoms. The largest absolute Gasteiger partial charge is 0.419 e. The number of alkyl halides is 3. The summed E-state index contributed by atoms with van der Waals surface area (Å²) in [5.74, 6) is -1.45. The van der Waals surface area contributed by atoms with Gasteiger partial charge in [0.2, 0.25) is 0 Å². The zero-order chi connectivity index (χ0) is 14.9. The van der Waals surface area contributed by atoms with Crippen molar-refractivity contribution in [2.45, 2.75) is 12.3 Å². The molecule has 1 nitrogen and oxygen atoms in total. The summed E-state index contributed by atoms with van der Waals surface area (Å²) in [5, 5.41) is 10.0. The van der Waals surface area contributed by atoms with Gasteiger partial charge in [0, 0.05) is 10.0 Å². The third-order valence-electron chi connectivity index (χ3n) is 2.81. The van der Waals surface area contributed by atoms with E-state index in [1.807, 2.05) is 0 Å². The molecule has 2 rings (SSSR count). The Morgan fingerprint density at radius 2 is 1.60 bits per heavy atom. The van der Waals surface area contributed by atoms with Crippen LogP contribution in [0.25, 0.3) is 0 Å². The average molecular weight is 349 g/mol. The summed E-state index contributed by atoms with van der Waals surface area (Å²) >= 11 is 3.20. The molecule has 0 spiro atoms. The van der Waals surface area contributed by atoms with Crippen LogP contribution >= 0.6 is 15.9 Å². The maximum Gasteiger partial charge on any atom is 0.419 e. The lowest BCUT2D eigenvalue weighted by Crippen LogP contribution is -2.12. The Morgan fingerprint density at radius 1 is 1.00 bits per heavy atom. The van der Waals surface area contributed by atoms with Gasteiger partial charge in [0.15, 0.2) is 0 Å². The lowest BCUT2D eigenvalue weighted by atomic mass is 9.99. The Morgan fingerprint density at radius 3 is 2.15 bits per heavy atom. The monoisotopic (exact) mass is 348 g/mol. The summed E-state index contributed by atoms with van der Waals surface area (Å²) < 4.78 is 52.5. The predicted octanol–water partition coefficient (Wildman–Crippen LogP) is 4.69. The van der Waals surface area contributed by atoms with Crippen LogP contribution in [0.5, 0.6) is 0 Å². The van der Waals surface area contributed by atoms with Crippen LogP contribution in [0, 0.1) is 5.82 Å². The van der Waals surface area contributed by atoms with Crippen LogP contribution in [0.4, 0.5) is 17.6 Å². The molecular weight excluding hydrogens is 340 g/mol. The molecule has 0 aliphatic heterocycles. The predicted molar refractivity (Wildman–Crippen MR) is 69.6 cm³/mol. The lowest BCUT2D eigenvalue weighted by Gasteiger charge is -2.16. The van der Waals surface area contributed by atoms with Gasteiger partial charge in [-0.2, -0.15) is 13.2 Å². The summed E-state index contributed by atoms with van der Waals surface area (Å²) in [5.41, 5.74) is -1.47. The van der Waals surface area contributed by atoms with Crippen molar-refractivity contribution in [3.05, 3.63) is 69.4 Å². The van der Waals surface area contributed by atoms with Gasteiger partial charge < -0.3 is 5.11 Å². The summed E-state index contributed by atoms with van der Waals surface area (Å²) in [6.45, 7) is 0.